The Balaban J connectivity index is 0.00000364. The zero-order valence-corrected chi connectivity index (χ0v) is 19.1. The van der Waals surface area contributed by atoms with Crippen molar-refractivity contribution in [2.75, 3.05) is 20.8 Å². The fourth-order valence-corrected chi connectivity index (χ4v) is 3.12. The minimum atomic E-state index is 0. The number of guanidine groups is 1. The molecular formula is C19H25IN4O2S. The Morgan fingerprint density at radius 2 is 2.00 bits per heavy atom. The summed E-state index contributed by atoms with van der Waals surface area (Å²) in [6, 6.07) is 5.74. The third-order valence-electron chi connectivity index (χ3n) is 3.70. The zero-order chi connectivity index (χ0) is 18.9. The SMILES string of the molecule is C#CCOc1cc(CNC(=NC)NCc2nc(C)c(C)s2)ccc1OC.I. The zero-order valence-electron chi connectivity index (χ0n) is 16.0. The summed E-state index contributed by atoms with van der Waals surface area (Å²) >= 11 is 1.69. The number of terminal acetylenes is 1. The van der Waals surface area contributed by atoms with Gasteiger partial charge in [0, 0.05) is 18.5 Å². The van der Waals surface area contributed by atoms with E-state index in [0.717, 1.165) is 16.3 Å². The van der Waals surface area contributed by atoms with E-state index in [9.17, 15) is 0 Å². The first-order chi connectivity index (χ1) is 12.6. The van der Waals surface area contributed by atoms with Crippen LogP contribution in [0.15, 0.2) is 23.2 Å². The third kappa shape index (κ3) is 6.92. The van der Waals surface area contributed by atoms with Gasteiger partial charge in [0.25, 0.3) is 0 Å². The molecule has 6 nitrogen and oxygen atoms in total. The van der Waals surface area contributed by atoms with E-state index < -0.39 is 0 Å². The van der Waals surface area contributed by atoms with Crippen LogP contribution in [0.3, 0.4) is 0 Å². The summed E-state index contributed by atoms with van der Waals surface area (Å²) in [6.07, 6.45) is 5.26. The lowest BCUT2D eigenvalue weighted by atomic mass is 10.2. The summed E-state index contributed by atoms with van der Waals surface area (Å²) in [5.41, 5.74) is 2.11. The molecule has 0 aliphatic carbocycles. The summed E-state index contributed by atoms with van der Waals surface area (Å²) < 4.78 is 10.8. The Bertz CT molecular complexity index is 795. The van der Waals surface area contributed by atoms with Gasteiger partial charge < -0.3 is 20.1 Å². The molecule has 2 N–H and O–H groups in total. The van der Waals surface area contributed by atoms with Crippen molar-refractivity contribution in [3.05, 3.63) is 39.3 Å². The highest BCUT2D eigenvalue weighted by Gasteiger charge is 2.07. The number of thiazole rings is 1. The number of ether oxygens (including phenoxy) is 2. The molecule has 0 atom stereocenters. The highest BCUT2D eigenvalue weighted by atomic mass is 127. The van der Waals surface area contributed by atoms with Crippen molar-refractivity contribution < 1.29 is 9.47 Å². The van der Waals surface area contributed by atoms with Gasteiger partial charge in [-0.15, -0.1) is 41.7 Å². The molecule has 0 aliphatic rings. The van der Waals surface area contributed by atoms with Crippen LogP contribution in [0.25, 0.3) is 0 Å². The molecule has 8 heteroatoms. The minimum Gasteiger partial charge on any atom is -0.493 e. The molecule has 0 saturated heterocycles. The van der Waals surface area contributed by atoms with Crippen LogP contribution in [0.2, 0.25) is 0 Å². The van der Waals surface area contributed by atoms with Crippen molar-refractivity contribution in [2.45, 2.75) is 26.9 Å². The monoisotopic (exact) mass is 500 g/mol. The normalized spacial score (nSPS) is 10.6. The molecule has 0 bridgehead atoms. The van der Waals surface area contributed by atoms with Crippen molar-refractivity contribution in [3.8, 4) is 23.8 Å². The largest absolute Gasteiger partial charge is 0.493 e. The maximum Gasteiger partial charge on any atom is 0.191 e. The van der Waals surface area contributed by atoms with Crippen LogP contribution in [0.5, 0.6) is 11.5 Å². The molecule has 0 fully saturated rings. The number of nitrogens with one attached hydrogen (secondary N) is 2. The van der Waals surface area contributed by atoms with Gasteiger partial charge >= 0.3 is 0 Å². The molecule has 2 aromatic rings. The Morgan fingerprint density at radius 3 is 2.59 bits per heavy atom. The van der Waals surface area contributed by atoms with Gasteiger partial charge in [0.15, 0.2) is 17.5 Å². The molecule has 1 heterocycles. The minimum absolute atomic E-state index is 0. The van der Waals surface area contributed by atoms with Gasteiger partial charge in [0.05, 0.1) is 19.3 Å². The highest BCUT2D eigenvalue weighted by Crippen LogP contribution is 2.27. The van der Waals surface area contributed by atoms with Gasteiger partial charge in [-0.1, -0.05) is 12.0 Å². The maximum atomic E-state index is 5.53. The van der Waals surface area contributed by atoms with Crippen LogP contribution in [-0.2, 0) is 13.1 Å². The number of rotatable bonds is 7. The average molecular weight is 500 g/mol. The number of hydrogen-bond acceptors (Lipinski definition) is 5. The predicted molar refractivity (Wildman–Crippen MR) is 121 cm³/mol. The number of methoxy groups -OCH3 is 1. The van der Waals surface area contributed by atoms with Crippen molar-refractivity contribution in [3.63, 3.8) is 0 Å². The van der Waals surface area contributed by atoms with Crippen LogP contribution in [0.4, 0.5) is 0 Å². The first-order valence-electron chi connectivity index (χ1n) is 8.18. The first kappa shape index (κ1) is 23.0. The van der Waals surface area contributed by atoms with E-state index in [-0.39, 0.29) is 30.6 Å². The van der Waals surface area contributed by atoms with Crippen LogP contribution < -0.4 is 20.1 Å². The topological polar surface area (TPSA) is 67.8 Å². The Labute approximate surface area is 181 Å². The van der Waals surface area contributed by atoms with Gasteiger partial charge in [-0.05, 0) is 31.5 Å². The van der Waals surface area contributed by atoms with Crippen LogP contribution in [-0.4, -0.2) is 31.7 Å². The second kappa shape index (κ2) is 11.7. The lowest BCUT2D eigenvalue weighted by Gasteiger charge is -2.13. The number of aliphatic imine (C=N–C) groups is 1. The first-order valence-corrected chi connectivity index (χ1v) is 8.99. The van der Waals surface area contributed by atoms with E-state index in [1.165, 1.54) is 4.88 Å². The van der Waals surface area contributed by atoms with Crippen molar-refractivity contribution >= 4 is 41.3 Å². The summed E-state index contributed by atoms with van der Waals surface area (Å²) in [5.74, 6) is 4.44. The van der Waals surface area contributed by atoms with Crippen LogP contribution >= 0.6 is 35.3 Å². The molecule has 0 spiro atoms. The second-order valence-corrected chi connectivity index (χ2v) is 6.79. The Hall–Kier alpha value is -1.99. The quantitative estimate of drug-likeness (QED) is 0.265. The van der Waals surface area contributed by atoms with E-state index >= 15 is 0 Å². The van der Waals surface area contributed by atoms with Crippen LogP contribution in [0, 0.1) is 26.2 Å². The van der Waals surface area contributed by atoms with Crippen molar-refractivity contribution in [1.82, 2.24) is 15.6 Å². The van der Waals surface area contributed by atoms with Gasteiger partial charge in [0.1, 0.15) is 11.6 Å². The fraction of sp³-hybridized carbons (Fsp3) is 0.368. The molecule has 2 rings (SSSR count). The van der Waals surface area contributed by atoms with Gasteiger partial charge in [-0.3, -0.25) is 4.99 Å². The van der Waals surface area contributed by atoms with E-state index in [1.807, 2.05) is 25.1 Å². The smallest absolute Gasteiger partial charge is 0.191 e. The summed E-state index contributed by atoms with van der Waals surface area (Å²) in [7, 11) is 3.34. The van der Waals surface area contributed by atoms with Gasteiger partial charge in [0.2, 0.25) is 0 Å². The molecule has 0 aliphatic heterocycles. The fourth-order valence-electron chi connectivity index (χ4n) is 2.24. The van der Waals surface area contributed by atoms with E-state index in [1.54, 1.807) is 25.5 Å². The van der Waals surface area contributed by atoms with E-state index in [0.29, 0.717) is 30.5 Å². The van der Waals surface area contributed by atoms with Crippen LogP contribution in [0.1, 0.15) is 21.1 Å². The molecule has 27 heavy (non-hydrogen) atoms. The lowest BCUT2D eigenvalue weighted by Crippen LogP contribution is -2.36. The summed E-state index contributed by atoms with van der Waals surface area (Å²) in [4.78, 5) is 10.0. The molecule has 0 radical (unpaired) electrons. The van der Waals surface area contributed by atoms with E-state index in [4.69, 9.17) is 15.9 Å². The highest BCUT2D eigenvalue weighted by molar-refractivity contribution is 14.0. The number of halogens is 1. The molecular weight excluding hydrogens is 475 g/mol. The van der Waals surface area contributed by atoms with Gasteiger partial charge in [-0.25, -0.2) is 4.98 Å². The maximum absolute atomic E-state index is 5.53. The summed E-state index contributed by atoms with van der Waals surface area (Å²) in [5, 5.41) is 7.59. The average Bonchev–Trinajstić information content (AvgIpc) is 2.97. The third-order valence-corrected chi connectivity index (χ3v) is 4.78. The Morgan fingerprint density at radius 1 is 1.26 bits per heavy atom. The molecule has 0 saturated carbocycles. The standard InChI is InChI=1S/C19H24N4O2S.HI/c1-6-9-25-17-10-15(7-8-16(17)24-5)11-21-19(20-4)22-12-18-23-13(2)14(3)26-18;/h1,7-8,10H,9,11-12H2,2-5H3,(H2,20,21,22);1H. The molecule has 146 valence electrons. The van der Waals surface area contributed by atoms with E-state index in [2.05, 4.69) is 33.5 Å². The number of hydrogen-bond donors (Lipinski definition) is 2. The molecule has 1 aromatic heterocycles. The number of nitrogens with zero attached hydrogens (tertiary/aromatic N) is 2. The second-order valence-electron chi connectivity index (χ2n) is 5.51. The van der Waals surface area contributed by atoms with Crippen molar-refractivity contribution in [2.24, 2.45) is 4.99 Å². The van der Waals surface area contributed by atoms with Gasteiger partial charge in [-0.2, -0.15) is 0 Å². The Kier molecular flexibility index (Phi) is 9.96. The molecule has 1 aromatic carbocycles. The number of aryl methyl sites for hydroxylation is 2. The van der Waals surface area contributed by atoms with Crippen molar-refractivity contribution in [1.29, 1.82) is 0 Å². The summed E-state index contributed by atoms with van der Waals surface area (Å²) in [6.45, 7) is 5.52. The lowest BCUT2D eigenvalue weighted by molar-refractivity contribution is 0.330. The molecule has 0 unspecified atom stereocenters. The number of benzene rings is 1. The number of aromatic nitrogens is 1. The predicted octanol–water partition coefficient (Wildman–Crippen LogP) is 3.26. The molecule has 0 amide bonds.